The lowest BCUT2D eigenvalue weighted by molar-refractivity contribution is -0.151. The molecule has 0 aliphatic carbocycles. The summed E-state index contributed by atoms with van der Waals surface area (Å²) >= 11 is 0. The molecule has 0 saturated carbocycles. The highest BCUT2D eigenvalue weighted by molar-refractivity contribution is 7.91. The highest BCUT2D eigenvalue weighted by Gasteiger charge is 2.36. The van der Waals surface area contributed by atoms with Crippen molar-refractivity contribution in [2.75, 3.05) is 39.3 Å². The van der Waals surface area contributed by atoms with Crippen molar-refractivity contribution in [3.8, 4) is 11.5 Å². The molecule has 0 bridgehead atoms. The molecule has 1 atom stereocenters. The van der Waals surface area contributed by atoms with Crippen LogP contribution in [0, 0.1) is 0 Å². The number of carbonyl (C=O) groups is 1. The molecule has 1 amide bonds. The van der Waals surface area contributed by atoms with Gasteiger partial charge in [0.15, 0.2) is 16.4 Å². The summed E-state index contributed by atoms with van der Waals surface area (Å²) in [6, 6.07) is 6.58. The van der Waals surface area contributed by atoms with E-state index in [1.807, 2.05) is 0 Å². The number of rotatable bonds is 6. The van der Waals surface area contributed by atoms with E-state index in [1.54, 1.807) is 50.5 Å². The maximum atomic E-state index is 12.4. The normalized spacial score (nSPS) is 19.6. The van der Waals surface area contributed by atoms with Crippen LogP contribution < -0.4 is 9.47 Å². The summed E-state index contributed by atoms with van der Waals surface area (Å²) in [4.78, 5) is 12.4. The first-order chi connectivity index (χ1) is 10.8. The average Bonchev–Trinajstić information content (AvgIpc) is 2.85. The van der Waals surface area contributed by atoms with Crippen molar-refractivity contribution >= 4 is 15.7 Å². The smallest absolute Gasteiger partial charge is 0.275 e. The lowest BCUT2D eigenvalue weighted by Crippen LogP contribution is -2.51. The molecule has 128 valence electrons. The Morgan fingerprint density at radius 3 is 2.30 bits per heavy atom. The molecule has 8 heteroatoms. The number of carbonyl (C=O) groups excluding carboxylic acids is 1. The molecule has 1 aromatic rings. The Kier molecular flexibility index (Phi) is 5.48. The standard InChI is InChI=1S/C15H22N2O5S/c1-16(2)17(12-8-9-23(19,20)11-12)15(18)10-22-14-6-4-13(21-3)5-7-14/h4-7,12H,8-11H2,1-3H3/t12-/m0/s1. The van der Waals surface area contributed by atoms with Crippen LogP contribution in [0.4, 0.5) is 0 Å². The van der Waals surface area contributed by atoms with Gasteiger partial charge in [-0.25, -0.2) is 13.4 Å². The monoisotopic (exact) mass is 342 g/mol. The predicted octanol–water partition coefficient (Wildman–Crippen LogP) is 0.566. The van der Waals surface area contributed by atoms with Gasteiger partial charge in [-0.3, -0.25) is 9.80 Å². The van der Waals surface area contributed by atoms with Gasteiger partial charge < -0.3 is 9.47 Å². The molecule has 1 saturated heterocycles. The molecular weight excluding hydrogens is 320 g/mol. The van der Waals surface area contributed by atoms with Crippen molar-refractivity contribution in [2.24, 2.45) is 0 Å². The van der Waals surface area contributed by atoms with Gasteiger partial charge in [0.1, 0.15) is 11.5 Å². The first kappa shape index (κ1) is 17.6. The average molecular weight is 342 g/mol. The van der Waals surface area contributed by atoms with Crippen LogP contribution in [0.25, 0.3) is 0 Å². The SMILES string of the molecule is COc1ccc(OCC(=O)N([C@H]2CCS(=O)(=O)C2)N(C)C)cc1. The molecule has 0 radical (unpaired) electrons. The van der Waals surface area contributed by atoms with Crippen molar-refractivity contribution < 1.29 is 22.7 Å². The number of ether oxygens (including phenoxy) is 2. The summed E-state index contributed by atoms with van der Waals surface area (Å²) < 4.78 is 33.8. The fraction of sp³-hybridized carbons (Fsp3) is 0.533. The van der Waals surface area contributed by atoms with Gasteiger partial charge in [0.2, 0.25) is 0 Å². The first-order valence-corrected chi connectivity index (χ1v) is 9.11. The second-order valence-electron chi connectivity index (χ2n) is 5.61. The van der Waals surface area contributed by atoms with Crippen LogP contribution in [0.1, 0.15) is 6.42 Å². The van der Waals surface area contributed by atoms with Gasteiger partial charge in [-0.05, 0) is 30.7 Å². The summed E-state index contributed by atoms with van der Waals surface area (Å²) in [6.07, 6.45) is 0.453. The number of hydrogen-bond donors (Lipinski definition) is 0. The third-order valence-electron chi connectivity index (χ3n) is 3.66. The summed E-state index contributed by atoms with van der Waals surface area (Å²) in [5.41, 5.74) is 0. The van der Waals surface area contributed by atoms with Crippen molar-refractivity contribution in [1.82, 2.24) is 10.0 Å². The van der Waals surface area contributed by atoms with Crippen LogP contribution in [0.5, 0.6) is 11.5 Å². The number of sulfone groups is 1. The van der Waals surface area contributed by atoms with Crippen LogP contribution >= 0.6 is 0 Å². The zero-order valence-electron chi connectivity index (χ0n) is 13.6. The third-order valence-corrected chi connectivity index (χ3v) is 5.41. The van der Waals surface area contributed by atoms with Gasteiger partial charge in [0.05, 0.1) is 24.7 Å². The van der Waals surface area contributed by atoms with Crippen molar-refractivity contribution in [3.05, 3.63) is 24.3 Å². The topological polar surface area (TPSA) is 76.1 Å². The number of amides is 1. The zero-order valence-corrected chi connectivity index (χ0v) is 14.4. The summed E-state index contributed by atoms with van der Waals surface area (Å²) in [6.45, 7) is -0.152. The van der Waals surface area contributed by atoms with Gasteiger partial charge in [0, 0.05) is 14.1 Å². The van der Waals surface area contributed by atoms with E-state index < -0.39 is 9.84 Å². The largest absolute Gasteiger partial charge is 0.497 e. The number of methoxy groups -OCH3 is 1. The van der Waals surface area contributed by atoms with E-state index in [-0.39, 0.29) is 30.1 Å². The van der Waals surface area contributed by atoms with E-state index in [4.69, 9.17) is 9.47 Å². The fourth-order valence-corrected chi connectivity index (χ4v) is 4.30. The Labute approximate surface area is 136 Å². The molecule has 0 unspecified atom stereocenters. The van der Waals surface area contributed by atoms with Crippen LogP contribution in [0.15, 0.2) is 24.3 Å². The van der Waals surface area contributed by atoms with Crippen molar-refractivity contribution in [1.29, 1.82) is 0 Å². The van der Waals surface area contributed by atoms with E-state index in [0.29, 0.717) is 17.9 Å². The van der Waals surface area contributed by atoms with Crippen molar-refractivity contribution in [2.45, 2.75) is 12.5 Å². The van der Waals surface area contributed by atoms with Crippen molar-refractivity contribution in [3.63, 3.8) is 0 Å². The van der Waals surface area contributed by atoms with E-state index in [2.05, 4.69) is 0 Å². The first-order valence-electron chi connectivity index (χ1n) is 7.29. The number of hydrazine groups is 1. The Balaban J connectivity index is 1.98. The fourth-order valence-electron chi connectivity index (χ4n) is 2.60. The van der Waals surface area contributed by atoms with Crippen LogP contribution in [0.3, 0.4) is 0 Å². The number of hydrogen-bond acceptors (Lipinski definition) is 6. The molecule has 0 aromatic heterocycles. The molecule has 1 aromatic carbocycles. The van der Waals surface area contributed by atoms with E-state index in [0.717, 1.165) is 0 Å². The summed E-state index contributed by atoms with van der Waals surface area (Å²) in [7, 11) is 1.95. The second-order valence-corrected chi connectivity index (χ2v) is 7.84. The van der Waals surface area contributed by atoms with Crippen LogP contribution in [-0.2, 0) is 14.6 Å². The molecule has 23 heavy (non-hydrogen) atoms. The minimum atomic E-state index is -3.06. The maximum absolute atomic E-state index is 12.4. The predicted molar refractivity (Wildman–Crippen MR) is 86.1 cm³/mol. The molecule has 0 N–H and O–H groups in total. The lowest BCUT2D eigenvalue weighted by Gasteiger charge is -2.33. The lowest BCUT2D eigenvalue weighted by atomic mass is 10.2. The molecule has 0 spiro atoms. The number of benzene rings is 1. The van der Waals surface area contributed by atoms with Crippen LogP contribution in [-0.4, -0.2) is 69.7 Å². The second kappa shape index (κ2) is 7.18. The van der Waals surface area contributed by atoms with Gasteiger partial charge in [-0.2, -0.15) is 0 Å². The van der Waals surface area contributed by atoms with E-state index in [9.17, 15) is 13.2 Å². The molecule has 1 heterocycles. The zero-order chi connectivity index (χ0) is 17.0. The molecular formula is C15H22N2O5S. The molecule has 7 nitrogen and oxygen atoms in total. The Morgan fingerprint density at radius 2 is 1.83 bits per heavy atom. The Morgan fingerprint density at radius 1 is 1.22 bits per heavy atom. The Bertz CT molecular complexity index is 642. The van der Waals surface area contributed by atoms with E-state index >= 15 is 0 Å². The molecule has 2 rings (SSSR count). The third kappa shape index (κ3) is 4.59. The highest BCUT2D eigenvalue weighted by Crippen LogP contribution is 2.20. The molecule has 1 aliphatic heterocycles. The maximum Gasteiger partial charge on any atom is 0.275 e. The highest BCUT2D eigenvalue weighted by atomic mass is 32.2. The minimum absolute atomic E-state index is 0.000540. The van der Waals surface area contributed by atoms with Gasteiger partial charge in [-0.15, -0.1) is 0 Å². The molecule has 1 fully saturated rings. The Hall–Kier alpha value is -1.80. The van der Waals surface area contributed by atoms with Gasteiger partial charge in [-0.1, -0.05) is 0 Å². The summed E-state index contributed by atoms with van der Waals surface area (Å²) in [5, 5.41) is 3.08. The summed E-state index contributed by atoms with van der Waals surface area (Å²) in [5.74, 6) is 1.10. The quantitative estimate of drug-likeness (QED) is 0.704. The number of nitrogens with zero attached hydrogens (tertiary/aromatic N) is 2. The van der Waals surface area contributed by atoms with E-state index in [1.165, 1.54) is 5.01 Å². The minimum Gasteiger partial charge on any atom is -0.497 e. The van der Waals surface area contributed by atoms with Gasteiger partial charge >= 0.3 is 0 Å². The molecule has 1 aliphatic rings. The van der Waals surface area contributed by atoms with Gasteiger partial charge in [0.25, 0.3) is 5.91 Å². The van der Waals surface area contributed by atoms with Crippen LogP contribution in [0.2, 0.25) is 0 Å².